The average molecular weight is 403 g/mol. The van der Waals surface area contributed by atoms with Crippen LogP contribution in [0.5, 0.6) is 0 Å². The van der Waals surface area contributed by atoms with Crippen LogP contribution in [0.15, 0.2) is 39.3 Å². The lowest BCUT2D eigenvalue weighted by atomic mass is 9.95. The van der Waals surface area contributed by atoms with E-state index in [1.54, 1.807) is 11.3 Å². The Morgan fingerprint density at radius 2 is 1.79 bits per heavy atom. The average Bonchev–Trinajstić information content (AvgIpc) is 2.80. The quantitative estimate of drug-likeness (QED) is 0.692. The van der Waals surface area contributed by atoms with E-state index in [1.807, 2.05) is 12.1 Å². The van der Waals surface area contributed by atoms with Gasteiger partial charge in [0.05, 0.1) is 6.04 Å². The minimum absolute atomic E-state index is 0.0898. The molecule has 0 bridgehead atoms. The summed E-state index contributed by atoms with van der Waals surface area (Å²) in [6, 6.07) is 10.3. The molecule has 0 saturated carbocycles. The molecule has 1 aromatic heterocycles. The van der Waals surface area contributed by atoms with Crippen LogP contribution in [0.4, 0.5) is 0 Å². The highest BCUT2D eigenvalue weighted by Gasteiger charge is 2.20. The Labute approximate surface area is 135 Å². The van der Waals surface area contributed by atoms with Gasteiger partial charge in [0.15, 0.2) is 0 Å². The lowest BCUT2D eigenvalue weighted by Gasteiger charge is -2.16. The summed E-state index contributed by atoms with van der Waals surface area (Å²) in [5.74, 6) is 0. The summed E-state index contributed by atoms with van der Waals surface area (Å²) in [6.45, 7) is 6.68. The van der Waals surface area contributed by atoms with E-state index in [1.165, 1.54) is 9.75 Å². The minimum Gasteiger partial charge on any atom is -0.320 e. The molecule has 102 valence electrons. The smallest absolute Gasteiger partial charge is 0.0657 e. The fourth-order valence-electron chi connectivity index (χ4n) is 1.83. The summed E-state index contributed by atoms with van der Waals surface area (Å²) < 4.78 is 2.10. The molecule has 1 atom stereocenters. The van der Waals surface area contributed by atoms with Gasteiger partial charge in [0.1, 0.15) is 0 Å². The zero-order valence-electron chi connectivity index (χ0n) is 11.2. The van der Waals surface area contributed by atoms with Gasteiger partial charge in [0.25, 0.3) is 0 Å². The maximum absolute atomic E-state index is 6.40. The molecule has 0 amide bonds. The number of thiophene rings is 1. The first-order valence-electron chi connectivity index (χ1n) is 6.10. The fourth-order valence-corrected chi connectivity index (χ4v) is 3.79. The van der Waals surface area contributed by atoms with Crippen molar-refractivity contribution < 1.29 is 0 Å². The van der Waals surface area contributed by atoms with Crippen LogP contribution in [0.1, 0.15) is 42.1 Å². The normalized spacial score (nSPS) is 13.6. The second kappa shape index (κ2) is 5.68. The van der Waals surface area contributed by atoms with Crippen LogP contribution in [0.25, 0.3) is 0 Å². The van der Waals surface area contributed by atoms with Crippen LogP contribution in [0.3, 0.4) is 0 Å². The van der Waals surface area contributed by atoms with E-state index >= 15 is 0 Å². The van der Waals surface area contributed by atoms with Crippen molar-refractivity contribution in [2.24, 2.45) is 5.73 Å². The molecule has 1 aromatic carbocycles. The number of benzene rings is 1. The molecule has 0 aliphatic heterocycles. The first kappa shape index (κ1) is 15.2. The second-order valence-electron chi connectivity index (χ2n) is 5.60. The molecular weight excluding hydrogens is 386 g/mol. The maximum atomic E-state index is 6.40. The Hall–Kier alpha value is -0.160. The topological polar surface area (TPSA) is 26.0 Å². The van der Waals surface area contributed by atoms with Crippen molar-refractivity contribution in [1.82, 2.24) is 0 Å². The predicted molar refractivity (Wildman–Crippen MR) is 90.9 cm³/mol. The summed E-state index contributed by atoms with van der Waals surface area (Å²) >= 11 is 8.88. The van der Waals surface area contributed by atoms with E-state index in [4.69, 9.17) is 5.73 Å². The van der Waals surface area contributed by atoms with E-state index in [0.29, 0.717) is 0 Å². The number of hydrogen-bond donors (Lipinski definition) is 1. The Balaban J connectivity index is 2.36. The van der Waals surface area contributed by atoms with Crippen molar-refractivity contribution in [3.05, 3.63) is 54.6 Å². The third-order valence-electron chi connectivity index (χ3n) is 2.97. The maximum Gasteiger partial charge on any atom is 0.0657 e. The molecule has 2 N–H and O–H groups in total. The number of hydrogen-bond acceptors (Lipinski definition) is 2. The van der Waals surface area contributed by atoms with E-state index in [9.17, 15) is 0 Å². The van der Waals surface area contributed by atoms with Crippen molar-refractivity contribution in [2.45, 2.75) is 32.2 Å². The third-order valence-corrected chi connectivity index (χ3v) is 5.78. The van der Waals surface area contributed by atoms with Gasteiger partial charge in [-0.05, 0) is 41.3 Å². The van der Waals surface area contributed by atoms with Crippen molar-refractivity contribution in [2.75, 3.05) is 0 Å². The van der Waals surface area contributed by atoms with Crippen LogP contribution >= 0.6 is 43.2 Å². The Bertz CT molecular complexity index is 584. The molecule has 1 heterocycles. The predicted octanol–water partition coefficient (Wildman–Crippen LogP) is 5.62. The highest BCUT2D eigenvalue weighted by molar-refractivity contribution is 9.11. The highest BCUT2D eigenvalue weighted by atomic mass is 79.9. The van der Waals surface area contributed by atoms with Gasteiger partial charge in [-0.25, -0.2) is 0 Å². The molecule has 0 aliphatic carbocycles. The van der Waals surface area contributed by atoms with Gasteiger partial charge >= 0.3 is 0 Å². The molecule has 4 heteroatoms. The molecule has 19 heavy (non-hydrogen) atoms. The van der Waals surface area contributed by atoms with Crippen molar-refractivity contribution in [3.8, 4) is 0 Å². The standard InChI is InChI=1S/C15H17Br2NS/c1-15(2,3)13-7-6-12(19-13)14(18)10-8-9(16)4-5-11(10)17/h4-8,14H,18H2,1-3H3. The monoisotopic (exact) mass is 401 g/mol. The van der Waals surface area contributed by atoms with E-state index in [-0.39, 0.29) is 11.5 Å². The van der Waals surface area contributed by atoms with E-state index < -0.39 is 0 Å². The van der Waals surface area contributed by atoms with Gasteiger partial charge < -0.3 is 5.73 Å². The van der Waals surface area contributed by atoms with E-state index in [2.05, 4.69) is 70.8 Å². The summed E-state index contributed by atoms with van der Waals surface area (Å²) in [5.41, 5.74) is 7.69. The highest BCUT2D eigenvalue weighted by Crippen LogP contribution is 2.36. The molecule has 2 rings (SSSR count). The molecule has 1 unspecified atom stereocenters. The number of halogens is 2. The first-order valence-corrected chi connectivity index (χ1v) is 8.50. The summed E-state index contributed by atoms with van der Waals surface area (Å²) in [7, 11) is 0. The van der Waals surface area contributed by atoms with Crippen molar-refractivity contribution in [1.29, 1.82) is 0 Å². The number of rotatable bonds is 2. The zero-order chi connectivity index (χ0) is 14.2. The van der Waals surface area contributed by atoms with Gasteiger partial charge in [-0.15, -0.1) is 11.3 Å². The molecule has 1 nitrogen and oxygen atoms in total. The minimum atomic E-state index is -0.0898. The molecule has 0 radical (unpaired) electrons. The van der Waals surface area contributed by atoms with Crippen molar-refractivity contribution in [3.63, 3.8) is 0 Å². The van der Waals surface area contributed by atoms with Gasteiger partial charge in [-0.1, -0.05) is 52.6 Å². The lowest BCUT2D eigenvalue weighted by molar-refractivity contribution is 0.604. The molecule has 0 spiro atoms. The summed E-state index contributed by atoms with van der Waals surface area (Å²) in [5, 5.41) is 0. The zero-order valence-corrected chi connectivity index (χ0v) is 15.2. The van der Waals surface area contributed by atoms with Crippen LogP contribution in [0.2, 0.25) is 0 Å². The fraction of sp³-hybridized carbons (Fsp3) is 0.333. The van der Waals surface area contributed by atoms with Crippen LogP contribution in [-0.2, 0) is 5.41 Å². The lowest BCUT2D eigenvalue weighted by Crippen LogP contribution is -2.11. The Kier molecular flexibility index (Phi) is 4.56. The summed E-state index contributed by atoms with van der Waals surface area (Å²) in [6.07, 6.45) is 0. The van der Waals surface area contributed by atoms with Gasteiger partial charge in [-0.2, -0.15) is 0 Å². The molecule has 0 saturated heterocycles. The van der Waals surface area contributed by atoms with Gasteiger partial charge in [0.2, 0.25) is 0 Å². The van der Waals surface area contributed by atoms with Crippen LogP contribution in [0, 0.1) is 0 Å². The van der Waals surface area contributed by atoms with Crippen molar-refractivity contribution >= 4 is 43.2 Å². The SMILES string of the molecule is CC(C)(C)c1ccc(C(N)c2cc(Br)ccc2Br)s1. The van der Waals surface area contributed by atoms with E-state index in [0.717, 1.165) is 14.5 Å². The van der Waals surface area contributed by atoms with Crippen LogP contribution < -0.4 is 5.73 Å². The van der Waals surface area contributed by atoms with Crippen LogP contribution in [-0.4, -0.2) is 0 Å². The molecule has 0 fully saturated rings. The van der Waals surface area contributed by atoms with Gasteiger partial charge in [-0.3, -0.25) is 0 Å². The molecule has 2 aromatic rings. The molecule has 0 aliphatic rings. The Morgan fingerprint density at radius 3 is 2.37 bits per heavy atom. The molecular formula is C15H17Br2NS. The third kappa shape index (κ3) is 3.48. The number of nitrogens with two attached hydrogens (primary N) is 1. The Morgan fingerprint density at radius 1 is 1.11 bits per heavy atom. The first-order chi connectivity index (χ1) is 8.79. The van der Waals surface area contributed by atoms with Gasteiger partial charge in [0, 0.05) is 18.7 Å². The largest absolute Gasteiger partial charge is 0.320 e. The second-order valence-corrected chi connectivity index (χ2v) is 8.48. The summed E-state index contributed by atoms with van der Waals surface area (Å²) in [4.78, 5) is 2.56.